The largest absolute Gasteiger partial charge is 0.298 e. The van der Waals surface area contributed by atoms with Gasteiger partial charge in [0.1, 0.15) is 6.29 Å². The topological polar surface area (TPSA) is 17.1 Å². The molecule has 1 aromatic rings. The molecule has 0 radical (unpaired) electrons. The molecular weight excluding hydrogens is 152 g/mol. The first-order valence-electron chi connectivity index (χ1n) is 3.79. The third-order valence-electron chi connectivity index (χ3n) is 1.71. The average molecular weight is 164 g/mol. The zero-order valence-corrected chi connectivity index (χ0v) is 8.03. The molecule has 0 atom stereocenters. The van der Waals surface area contributed by atoms with Gasteiger partial charge in [0, 0.05) is 5.56 Å². The summed E-state index contributed by atoms with van der Waals surface area (Å²) >= 11 is 0. The molecule has 0 amide bonds. The van der Waals surface area contributed by atoms with E-state index in [9.17, 15) is 4.79 Å². The van der Waals surface area contributed by atoms with Gasteiger partial charge in [-0.2, -0.15) is 0 Å². The summed E-state index contributed by atoms with van der Waals surface area (Å²) in [7, 11) is -0.730. The van der Waals surface area contributed by atoms with E-state index >= 15 is 0 Å². The van der Waals surface area contributed by atoms with Crippen LogP contribution in [-0.4, -0.2) is 15.1 Å². The van der Waals surface area contributed by atoms with Gasteiger partial charge in [-0.05, 0) is 0 Å². The fourth-order valence-electron chi connectivity index (χ4n) is 0.991. The van der Waals surface area contributed by atoms with Crippen molar-refractivity contribution in [2.75, 3.05) is 0 Å². The van der Waals surface area contributed by atoms with Crippen molar-refractivity contribution in [1.82, 2.24) is 0 Å². The molecule has 0 N–H and O–H groups in total. The van der Waals surface area contributed by atoms with E-state index in [0.717, 1.165) is 11.8 Å². The molecule has 0 aliphatic carbocycles. The normalized spacial score (nSPS) is 10.1. The number of carbonyl (C=O) groups excluding carboxylic acids is 1. The van der Waals surface area contributed by atoms with E-state index in [1.54, 1.807) is 0 Å². The van der Waals surface area contributed by atoms with Gasteiger partial charge in [-0.3, -0.25) is 4.79 Å². The molecule has 1 aromatic carbocycles. The van der Waals surface area contributed by atoms with Crippen LogP contribution in [0.25, 0.3) is 0 Å². The molecule has 0 aliphatic heterocycles. The monoisotopic (exact) mass is 164 g/mol. The summed E-state index contributed by atoms with van der Waals surface area (Å²) in [6, 6.07) is 7.88. The molecule has 0 aliphatic rings. The molecule has 0 saturated carbocycles. The van der Waals surface area contributed by atoms with Gasteiger partial charge in [0.25, 0.3) is 0 Å². The average Bonchev–Trinajstić information content (AvgIpc) is 2.05. The summed E-state index contributed by atoms with van der Waals surface area (Å²) in [5, 5.41) is 1.36. The molecule has 1 nitrogen and oxygen atoms in total. The van der Waals surface area contributed by atoms with Gasteiger partial charge in [0.05, 0.1) is 8.80 Å². The minimum absolute atomic E-state index is 0.730. The summed E-state index contributed by atoms with van der Waals surface area (Å²) < 4.78 is 0. The minimum Gasteiger partial charge on any atom is -0.298 e. The Morgan fingerprint density at radius 1 is 1.36 bits per heavy atom. The Bertz CT molecular complexity index is 255. The third kappa shape index (κ3) is 2.02. The van der Waals surface area contributed by atoms with Gasteiger partial charge < -0.3 is 0 Å². The van der Waals surface area contributed by atoms with Crippen molar-refractivity contribution in [1.29, 1.82) is 0 Å². The maximum atomic E-state index is 10.4. The molecule has 0 bridgehead atoms. The SMILES string of the molecule is C[SiH](C)c1cccc(C=O)c1. The van der Waals surface area contributed by atoms with Crippen LogP contribution >= 0.6 is 0 Å². The number of rotatable bonds is 2. The van der Waals surface area contributed by atoms with Crippen LogP contribution in [0.5, 0.6) is 0 Å². The van der Waals surface area contributed by atoms with Crippen molar-refractivity contribution in [3.63, 3.8) is 0 Å². The number of benzene rings is 1. The predicted octanol–water partition coefficient (Wildman–Crippen LogP) is 1.19. The van der Waals surface area contributed by atoms with E-state index in [1.807, 2.05) is 18.2 Å². The quantitative estimate of drug-likeness (QED) is 0.474. The zero-order valence-electron chi connectivity index (χ0n) is 6.87. The fourth-order valence-corrected chi connectivity index (χ4v) is 2.01. The lowest BCUT2D eigenvalue weighted by atomic mass is 10.2. The Balaban J connectivity index is 3.00. The van der Waals surface area contributed by atoms with Gasteiger partial charge in [-0.25, -0.2) is 0 Å². The van der Waals surface area contributed by atoms with Crippen molar-refractivity contribution in [3.8, 4) is 0 Å². The third-order valence-corrected chi connectivity index (χ3v) is 3.41. The van der Waals surface area contributed by atoms with Crippen molar-refractivity contribution in [2.24, 2.45) is 0 Å². The summed E-state index contributed by atoms with van der Waals surface area (Å²) in [5.74, 6) is 0. The molecular formula is C9H12OSi. The lowest BCUT2D eigenvalue weighted by Gasteiger charge is -2.02. The highest BCUT2D eigenvalue weighted by atomic mass is 28.3. The molecule has 0 fully saturated rings. The van der Waals surface area contributed by atoms with Crippen LogP contribution in [0.2, 0.25) is 13.1 Å². The molecule has 0 spiro atoms. The maximum Gasteiger partial charge on any atom is 0.150 e. The highest BCUT2D eigenvalue weighted by Gasteiger charge is 1.99. The zero-order chi connectivity index (χ0) is 8.27. The summed E-state index contributed by atoms with van der Waals surface area (Å²) in [6.07, 6.45) is 0.903. The summed E-state index contributed by atoms with van der Waals surface area (Å²) in [4.78, 5) is 10.4. The highest BCUT2D eigenvalue weighted by Crippen LogP contribution is 1.93. The van der Waals surface area contributed by atoms with Crippen LogP contribution < -0.4 is 5.19 Å². The molecule has 0 unspecified atom stereocenters. The molecule has 2 heteroatoms. The molecule has 0 saturated heterocycles. The van der Waals surface area contributed by atoms with E-state index in [-0.39, 0.29) is 0 Å². The molecule has 58 valence electrons. The molecule has 11 heavy (non-hydrogen) atoms. The first-order valence-corrected chi connectivity index (χ1v) is 6.68. The van der Waals surface area contributed by atoms with Crippen molar-refractivity contribution in [3.05, 3.63) is 29.8 Å². The Labute approximate surface area is 68.7 Å². The van der Waals surface area contributed by atoms with Gasteiger partial charge in [0.15, 0.2) is 0 Å². The van der Waals surface area contributed by atoms with Gasteiger partial charge in [-0.15, -0.1) is 0 Å². The van der Waals surface area contributed by atoms with Crippen LogP contribution in [0.15, 0.2) is 24.3 Å². The molecule has 0 aromatic heterocycles. The van der Waals surface area contributed by atoms with Gasteiger partial charge in [-0.1, -0.05) is 42.5 Å². The first kappa shape index (κ1) is 8.21. The van der Waals surface area contributed by atoms with Crippen LogP contribution in [0.1, 0.15) is 10.4 Å². The predicted molar refractivity (Wildman–Crippen MR) is 50.3 cm³/mol. The van der Waals surface area contributed by atoms with E-state index in [4.69, 9.17) is 0 Å². The van der Waals surface area contributed by atoms with Crippen molar-refractivity contribution >= 4 is 20.3 Å². The lowest BCUT2D eigenvalue weighted by molar-refractivity contribution is 0.112. The lowest BCUT2D eigenvalue weighted by Crippen LogP contribution is -2.22. The van der Waals surface area contributed by atoms with E-state index in [2.05, 4.69) is 19.2 Å². The van der Waals surface area contributed by atoms with Gasteiger partial charge >= 0.3 is 0 Å². The second-order valence-corrected chi connectivity index (χ2v) is 5.92. The number of carbonyl (C=O) groups is 1. The molecule has 1 rings (SSSR count). The maximum absolute atomic E-state index is 10.4. The highest BCUT2D eigenvalue weighted by molar-refractivity contribution is 6.70. The van der Waals surface area contributed by atoms with Crippen LogP contribution in [-0.2, 0) is 0 Å². The van der Waals surface area contributed by atoms with Crippen LogP contribution in [0, 0.1) is 0 Å². The number of hydrogen-bond donors (Lipinski definition) is 0. The minimum atomic E-state index is -0.730. The fraction of sp³-hybridized carbons (Fsp3) is 0.222. The standard InChI is InChI=1S/C9H12OSi/c1-11(2)9-5-3-4-8(6-9)7-10/h3-7,11H,1-2H3. The van der Waals surface area contributed by atoms with Crippen molar-refractivity contribution in [2.45, 2.75) is 13.1 Å². The Morgan fingerprint density at radius 2 is 2.09 bits per heavy atom. The second-order valence-electron chi connectivity index (χ2n) is 2.94. The van der Waals surface area contributed by atoms with E-state index in [0.29, 0.717) is 0 Å². The van der Waals surface area contributed by atoms with Crippen molar-refractivity contribution < 1.29 is 4.79 Å². The Kier molecular flexibility index (Phi) is 2.60. The smallest absolute Gasteiger partial charge is 0.150 e. The van der Waals surface area contributed by atoms with Crippen LogP contribution in [0.4, 0.5) is 0 Å². The molecule has 0 heterocycles. The van der Waals surface area contributed by atoms with E-state index in [1.165, 1.54) is 5.19 Å². The summed E-state index contributed by atoms with van der Waals surface area (Å²) in [6.45, 7) is 4.51. The summed E-state index contributed by atoms with van der Waals surface area (Å²) in [5.41, 5.74) is 0.795. The Morgan fingerprint density at radius 3 is 2.64 bits per heavy atom. The number of aldehydes is 1. The van der Waals surface area contributed by atoms with E-state index < -0.39 is 8.80 Å². The number of hydrogen-bond acceptors (Lipinski definition) is 1. The first-order chi connectivity index (χ1) is 5.24. The van der Waals surface area contributed by atoms with Crippen LogP contribution in [0.3, 0.4) is 0 Å². The second kappa shape index (κ2) is 3.48. The van der Waals surface area contributed by atoms with Gasteiger partial charge in [0.2, 0.25) is 0 Å². The Hall–Kier alpha value is -0.893.